The number of nitrogens with one attached hydrogen (secondary N) is 3. The van der Waals surface area contributed by atoms with Crippen LogP contribution >= 0.6 is 0 Å². The van der Waals surface area contributed by atoms with Crippen molar-refractivity contribution in [2.75, 3.05) is 13.1 Å². The second kappa shape index (κ2) is 18.6. The molecule has 226 valence electrons. The third-order valence-electron chi connectivity index (χ3n) is 5.16. The summed E-state index contributed by atoms with van der Waals surface area (Å²) in [6, 6.07) is -5.80. The summed E-state index contributed by atoms with van der Waals surface area (Å²) in [7, 11) is 0. The number of rotatable bonds is 20. The lowest BCUT2D eigenvalue weighted by Gasteiger charge is -2.24. The van der Waals surface area contributed by atoms with E-state index in [4.69, 9.17) is 33.8 Å². The minimum Gasteiger partial charge on any atom is -0.481 e. The topological polar surface area (TPSA) is 354 Å². The lowest BCUT2D eigenvalue weighted by molar-refractivity contribution is -0.144. The van der Waals surface area contributed by atoms with Gasteiger partial charge in [-0.25, -0.2) is 4.79 Å². The van der Waals surface area contributed by atoms with Gasteiger partial charge in [-0.05, 0) is 32.1 Å². The third-order valence-corrected chi connectivity index (χ3v) is 5.16. The first kappa shape index (κ1) is 35.3. The zero-order chi connectivity index (χ0) is 30.8. The van der Waals surface area contributed by atoms with Crippen molar-refractivity contribution in [3.63, 3.8) is 0 Å². The minimum absolute atomic E-state index is 0.0617. The van der Waals surface area contributed by atoms with Gasteiger partial charge in [-0.1, -0.05) is 0 Å². The normalized spacial score (nSPS) is 13.4. The van der Waals surface area contributed by atoms with Crippen LogP contribution < -0.4 is 44.6 Å². The molecule has 0 fully saturated rings. The van der Waals surface area contributed by atoms with Crippen LogP contribution in [0.25, 0.3) is 0 Å². The fourth-order valence-corrected chi connectivity index (χ4v) is 3.15. The number of hydrogen-bond donors (Lipinski definition) is 11. The molecular formula is C21H38N10O9. The van der Waals surface area contributed by atoms with Crippen molar-refractivity contribution >= 4 is 47.5 Å². The first-order valence-electron chi connectivity index (χ1n) is 12.1. The summed E-state index contributed by atoms with van der Waals surface area (Å²) >= 11 is 0. The van der Waals surface area contributed by atoms with E-state index in [2.05, 4.69) is 25.9 Å². The van der Waals surface area contributed by atoms with Gasteiger partial charge in [-0.2, -0.15) is 0 Å². The molecule has 0 saturated carbocycles. The number of guanidine groups is 2. The summed E-state index contributed by atoms with van der Waals surface area (Å²) in [5, 5.41) is 34.2. The number of hydrogen-bond acceptors (Lipinski definition) is 9. The van der Waals surface area contributed by atoms with Crippen LogP contribution in [0.3, 0.4) is 0 Å². The lowest BCUT2D eigenvalue weighted by Crippen LogP contribution is -2.57. The Morgan fingerprint density at radius 3 is 1.52 bits per heavy atom. The number of aliphatic imine (C=N–C) groups is 2. The van der Waals surface area contributed by atoms with Gasteiger partial charge in [-0.15, -0.1) is 0 Å². The maximum absolute atomic E-state index is 13.0. The Kier molecular flexibility index (Phi) is 16.4. The van der Waals surface area contributed by atoms with E-state index in [1.807, 2.05) is 0 Å². The molecule has 0 saturated heterocycles. The van der Waals surface area contributed by atoms with Gasteiger partial charge < -0.3 is 59.9 Å². The molecule has 0 aromatic rings. The van der Waals surface area contributed by atoms with Crippen molar-refractivity contribution in [1.82, 2.24) is 16.0 Å². The molecule has 3 amide bonds. The summed E-state index contributed by atoms with van der Waals surface area (Å²) in [6.45, 7) is 0.138. The SMILES string of the molecule is NC(N)=NCCCC(NC(=O)C(CC(=O)O)NC(=O)C(CCCN=C(N)N)NC(=O)C(N)CCC(=O)O)C(=O)O. The van der Waals surface area contributed by atoms with E-state index in [1.54, 1.807) is 0 Å². The smallest absolute Gasteiger partial charge is 0.326 e. The number of carboxylic acids is 3. The van der Waals surface area contributed by atoms with Crippen molar-refractivity contribution in [3.8, 4) is 0 Å². The standard InChI is InChI=1S/C21H38N10O9/c22-10(5-6-14(32)33)16(36)29-11(3-1-7-27-20(23)24)17(37)31-13(9-15(34)35)18(38)30-12(19(39)40)4-2-8-28-21(25)26/h10-13H,1-9,22H2,(H,29,36)(H,30,38)(H,31,37)(H,32,33)(H,34,35)(H,39,40)(H4,23,24,27)(H4,25,26,28). The first-order chi connectivity index (χ1) is 18.6. The summed E-state index contributed by atoms with van der Waals surface area (Å²) in [5.74, 6) is -7.46. The highest BCUT2D eigenvalue weighted by Gasteiger charge is 2.31. The second-order valence-corrected chi connectivity index (χ2v) is 8.56. The van der Waals surface area contributed by atoms with E-state index in [9.17, 15) is 39.0 Å². The summed E-state index contributed by atoms with van der Waals surface area (Å²) in [4.78, 5) is 79.4. The number of aliphatic carboxylic acids is 3. The Morgan fingerprint density at radius 2 is 1.07 bits per heavy atom. The fraction of sp³-hybridized carbons (Fsp3) is 0.619. The average Bonchev–Trinajstić information content (AvgIpc) is 2.84. The molecule has 0 aliphatic carbocycles. The van der Waals surface area contributed by atoms with Gasteiger partial charge in [0.15, 0.2) is 11.9 Å². The molecule has 0 rings (SSSR count). The largest absolute Gasteiger partial charge is 0.481 e. The van der Waals surface area contributed by atoms with E-state index in [-0.39, 0.29) is 57.1 Å². The summed E-state index contributed by atoms with van der Waals surface area (Å²) in [6.07, 6.45) is -1.41. The van der Waals surface area contributed by atoms with Gasteiger partial charge in [0.2, 0.25) is 17.7 Å². The quantitative estimate of drug-likeness (QED) is 0.0369. The molecule has 0 bridgehead atoms. The van der Waals surface area contributed by atoms with Crippen LogP contribution in [0.4, 0.5) is 0 Å². The van der Waals surface area contributed by atoms with Crippen LogP contribution in [0.1, 0.15) is 44.9 Å². The van der Waals surface area contributed by atoms with Crippen LogP contribution in [0.15, 0.2) is 9.98 Å². The Bertz CT molecular complexity index is 965. The Labute approximate surface area is 229 Å². The minimum atomic E-state index is -1.72. The maximum atomic E-state index is 13.0. The third kappa shape index (κ3) is 16.2. The zero-order valence-electron chi connectivity index (χ0n) is 21.7. The van der Waals surface area contributed by atoms with Gasteiger partial charge in [0.25, 0.3) is 0 Å². The van der Waals surface area contributed by atoms with Gasteiger partial charge in [-0.3, -0.25) is 34.0 Å². The second-order valence-electron chi connectivity index (χ2n) is 8.56. The van der Waals surface area contributed by atoms with Gasteiger partial charge in [0, 0.05) is 19.5 Å². The van der Waals surface area contributed by atoms with Crippen molar-refractivity contribution in [3.05, 3.63) is 0 Å². The molecular weight excluding hydrogens is 536 g/mol. The number of carboxylic acid groups (broad SMARTS) is 3. The highest BCUT2D eigenvalue weighted by molar-refractivity contribution is 5.95. The predicted octanol–water partition coefficient (Wildman–Crippen LogP) is -4.70. The highest BCUT2D eigenvalue weighted by Crippen LogP contribution is 2.05. The first-order valence-corrected chi connectivity index (χ1v) is 12.1. The molecule has 19 nitrogen and oxygen atoms in total. The number of carbonyl (C=O) groups excluding carboxylic acids is 3. The summed E-state index contributed by atoms with van der Waals surface area (Å²) in [5.41, 5.74) is 26.6. The van der Waals surface area contributed by atoms with Crippen molar-refractivity contribution in [2.24, 2.45) is 38.7 Å². The molecule has 0 aliphatic heterocycles. The van der Waals surface area contributed by atoms with Crippen molar-refractivity contribution in [2.45, 2.75) is 69.1 Å². The summed E-state index contributed by atoms with van der Waals surface area (Å²) < 4.78 is 0. The average molecular weight is 575 g/mol. The number of nitrogens with zero attached hydrogens (tertiary/aromatic N) is 2. The molecule has 4 atom stereocenters. The van der Waals surface area contributed by atoms with E-state index in [0.29, 0.717) is 0 Å². The predicted molar refractivity (Wildman–Crippen MR) is 140 cm³/mol. The zero-order valence-corrected chi connectivity index (χ0v) is 21.7. The Hall–Kier alpha value is -4.68. The van der Waals surface area contributed by atoms with Crippen LogP contribution in [-0.2, 0) is 28.8 Å². The van der Waals surface area contributed by atoms with Gasteiger partial charge >= 0.3 is 17.9 Å². The van der Waals surface area contributed by atoms with Crippen LogP contribution in [0.2, 0.25) is 0 Å². The number of amides is 3. The number of carbonyl (C=O) groups is 6. The van der Waals surface area contributed by atoms with Gasteiger partial charge in [0.05, 0.1) is 12.5 Å². The van der Waals surface area contributed by atoms with Crippen molar-refractivity contribution in [1.29, 1.82) is 0 Å². The number of nitrogens with two attached hydrogens (primary N) is 5. The maximum Gasteiger partial charge on any atom is 0.326 e. The molecule has 16 N–H and O–H groups in total. The molecule has 0 radical (unpaired) electrons. The monoisotopic (exact) mass is 574 g/mol. The molecule has 0 aromatic heterocycles. The molecule has 0 aliphatic rings. The van der Waals surface area contributed by atoms with Crippen LogP contribution in [0.5, 0.6) is 0 Å². The van der Waals surface area contributed by atoms with Gasteiger partial charge in [0.1, 0.15) is 18.1 Å². The molecule has 4 unspecified atom stereocenters. The molecule has 0 heterocycles. The van der Waals surface area contributed by atoms with Crippen LogP contribution in [0, 0.1) is 0 Å². The molecule has 40 heavy (non-hydrogen) atoms. The van der Waals surface area contributed by atoms with E-state index in [1.165, 1.54) is 0 Å². The molecule has 0 spiro atoms. The van der Waals surface area contributed by atoms with Crippen molar-refractivity contribution < 1.29 is 44.1 Å². The molecule has 19 heteroatoms. The van der Waals surface area contributed by atoms with E-state index < -0.39 is 72.6 Å². The van der Waals surface area contributed by atoms with Crippen LogP contribution in [-0.4, -0.2) is 100 Å². The Balaban J connectivity index is 5.62. The lowest BCUT2D eigenvalue weighted by atomic mass is 10.1. The Morgan fingerprint density at radius 1 is 0.625 bits per heavy atom. The molecule has 0 aromatic carbocycles. The van der Waals surface area contributed by atoms with E-state index >= 15 is 0 Å². The fourth-order valence-electron chi connectivity index (χ4n) is 3.15. The van der Waals surface area contributed by atoms with E-state index in [0.717, 1.165) is 0 Å². The highest BCUT2D eigenvalue weighted by atomic mass is 16.4.